The minimum Gasteiger partial charge on any atom is -0.481 e. The van der Waals surface area contributed by atoms with Crippen molar-refractivity contribution in [3.63, 3.8) is 0 Å². The van der Waals surface area contributed by atoms with Crippen LogP contribution < -0.4 is 10.1 Å². The number of rotatable bonds is 8. The van der Waals surface area contributed by atoms with Gasteiger partial charge in [0.15, 0.2) is 6.04 Å². The molecule has 5 nitrogen and oxygen atoms in total. The van der Waals surface area contributed by atoms with E-state index in [4.69, 9.17) is 11.2 Å². The molecule has 1 heterocycles. The van der Waals surface area contributed by atoms with Crippen LogP contribution in [0.2, 0.25) is 0 Å². The molecule has 0 spiro atoms. The molecular weight excluding hydrogens is 338 g/mol. The van der Waals surface area contributed by atoms with Gasteiger partial charge >= 0.3 is 0 Å². The van der Waals surface area contributed by atoms with Crippen molar-refractivity contribution in [2.75, 3.05) is 13.2 Å². The first-order chi connectivity index (χ1) is 13.3. The SMILES string of the molecule is C#CCOc1ccc(CCNC(=O)C(c2ccccc2)n2cccn2)cc1. The lowest BCUT2D eigenvalue weighted by Crippen LogP contribution is -2.34. The Morgan fingerprint density at radius 3 is 2.59 bits per heavy atom. The van der Waals surface area contributed by atoms with Gasteiger partial charge in [-0.1, -0.05) is 48.4 Å². The Kier molecular flexibility index (Phi) is 6.26. The van der Waals surface area contributed by atoms with Crippen LogP contribution in [0.25, 0.3) is 0 Å². The van der Waals surface area contributed by atoms with Crippen molar-refractivity contribution >= 4 is 5.91 Å². The summed E-state index contributed by atoms with van der Waals surface area (Å²) in [7, 11) is 0. The number of hydrogen-bond acceptors (Lipinski definition) is 3. The monoisotopic (exact) mass is 359 g/mol. The van der Waals surface area contributed by atoms with Crippen LogP contribution in [0.5, 0.6) is 5.75 Å². The Bertz CT molecular complexity index is 882. The Balaban J connectivity index is 1.59. The van der Waals surface area contributed by atoms with Gasteiger partial charge in [-0.3, -0.25) is 9.48 Å². The van der Waals surface area contributed by atoms with Gasteiger partial charge < -0.3 is 10.1 Å². The summed E-state index contributed by atoms with van der Waals surface area (Å²) < 4.78 is 7.03. The predicted octanol–water partition coefficient (Wildman–Crippen LogP) is 2.84. The molecule has 27 heavy (non-hydrogen) atoms. The van der Waals surface area contributed by atoms with Crippen molar-refractivity contribution in [2.24, 2.45) is 0 Å². The molecule has 1 unspecified atom stereocenters. The molecule has 0 bridgehead atoms. The molecule has 2 aromatic carbocycles. The van der Waals surface area contributed by atoms with E-state index in [2.05, 4.69) is 16.3 Å². The zero-order valence-electron chi connectivity index (χ0n) is 14.9. The van der Waals surface area contributed by atoms with Crippen LogP contribution in [0.4, 0.5) is 0 Å². The molecule has 0 saturated carbocycles. The Labute approximate surface area is 159 Å². The van der Waals surface area contributed by atoms with Crippen LogP contribution in [0.15, 0.2) is 73.1 Å². The third kappa shape index (κ3) is 4.99. The van der Waals surface area contributed by atoms with E-state index >= 15 is 0 Å². The van der Waals surface area contributed by atoms with Gasteiger partial charge in [0, 0.05) is 18.9 Å². The molecule has 136 valence electrons. The highest BCUT2D eigenvalue weighted by Gasteiger charge is 2.22. The highest BCUT2D eigenvalue weighted by atomic mass is 16.5. The number of ether oxygens (including phenoxy) is 1. The lowest BCUT2D eigenvalue weighted by molar-refractivity contribution is -0.123. The summed E-state index contributed by atoms with van der Waals surface area (Å²) in [5.74, 6) is 3.09. The standard InChI is InChI=1S/C22H21N3O2/c1-2-17-27-20-11-9-18(10-12-20)13-15-23-22(26)21(25-16-6-14-24-25)19-7-4-3-5-8-19/h1,3-12,14,16,21H,13,15,17H2,(H,23,26). The van der Waals surface area contributed by atoms with Gasteiger partial charge in [-0.05, 0) is 35.7 Å². The fourth-order valence-corrected chi connectivity index (χ4v) is 2.80. The summed E-state index contributed by atoms with van der Waals surface area (Å²) in [5.41, 5.74) is 2.01. The second-order valence-corrected chi connectivity index (χ2v) is 5.98. The molecule has 3 aromatic rings. The van der Waals surface area contributed by atoms with Crippen molar-refractivity contribution in [2.45, 2.75) is 12.5 Å². The van der Waals surface area contributed by atoms with Crippen LogP contribution in [-0.2, 0) is 11.2 Å². The van der Waals surface area contributed by atoms with Crippen LogP contribution in [0, 0.1) is 12.3 Å². The van der Waals surface area contributed by atoms with Gasteiger partial charge in [0.25, 0.3) is 0 Å². The summed E-state index contributed by atoms with van der Waals surface area (Å²) >= 11 is 0. The average Bonchev–Trinajstić information content (AvgIpc) is 3.22. The summed E-state index contributed by atoms with van der Waals surface area (Å²) in [6.07, 6.45) is 9.38. The van der Waals surface area contributed by atoms with E-state index < -0.39 is 6.04 Å². The number of aromatic nitrogens is 2. The molecule has 5 heteroatoms. The van der Waals surface area contributed by atoms with Crippen molar-refractivity contribution in [3.8, 4) is 18.1 Å². The third-order valence-corrected chi connectivity index (χ3v) is 4.11. The predicted molar refractivity (Wildman–Crippen MR) is 104 cm³/mol. The number of terminal acetylenes is 1. The molecule has 0 aliphatic carbocycles. The molecule has 0 aliphatic rings. The lowest BCUT2D eigenvalue weighted by atomic mass is 10.1. The van der Waals surface area contributed by atoms with E-state index in [1.165, 1.54) is 0 Å². The van der Waals surface area contributed by atoms with Gasteiger partial charge in [0.2, 0.25) is 5.91 Å². The third-order valence-electron chi connectivity index (χ3n) is 4.11. The molecule has 0 saturated heterocycles. The minimum absolute atomic E-state index is 0.0844. The van der Waals surface area contributed by atoms with Gasteiger partial charge in [0.1, 0.15) is 12.4 Å². The number of nitrogens with zero attached hydrogens (tertiary/aromatic N) is 2. The fraction of sp³-hybridized carbons (Fsp3) is 0.182. The van der Waals surface area contributed by atoms with E-state index in [0.29, 0.717) is 6.54 Å². The lowest BCUT2D eigenvalue weighted by Gasteiger charge is -2.18. The Morgan fingerprint density at radius 1 is 1.15 bits per heavy atom. The highest BCUT2D eigenvalue weighted by Crippen LogP contribution is 2.17. The van der Waals surface area contributed by atoms with E-state index in [0.717, 1.165) is 23.3 Å². The van der Waals surface area contributed by atoms with E-state index in [9.17, 15) is 4.79 Å². The quantitative estimate of drug-likeness (QED) is 0.629. The van der Waals surface area contributed by atoms with Crippen molar-refractivity contribution in [1.29, 1.82) is 0 Å². The largest absolute Gasteiger partial charge is 0.481 e. The van der Waals surface area contributed by atoms with Crippen LogP contribution in [-0.4, -0.2) is 28.8 Å². The summed E-state index contributed by atoms with van der Waals surface area (Å²) in [4.78, 5) is 12.8. The average molecular weight is 359 g/mol. The summed E-state index contributed by atoms with van der Waals surface area (Å²) in [6, 6.07) is 18.7. The number of hydrogen-bond donors (Lipinski definition) is 1. The zero-order valence-corrected chi connectivity index (χ0v) is 14.9. The van der Waals surface area contributed by atoms with Gasteiger partial charge in [0.05, 0.1) is 0 Å². The molecule has 1 N–H and O–H groups in total. The molecule has 1 atom stereocenters. The first-order valence-electron chi connectivity index (χ1n) is 8.75. The Hall–Kier alpha value is -3.52. The smallest absolute Gasteiger partial charge is 0.249 e. The highest BCUT2D eigenvalue weighted by molar-refractivity contribution is 5.83. The summed E-state index contributed by atoms with van der Waals surface area (Å²) in [5, 5.41) is 7.25. The van der Waals surface area contributed by atoms with E-state index in [1.807, 2.05) is 60.7 Å². The van der Waals surface area contributed by atoms with Crippen LogP contribution in [0.3, 0.4) is 0 Å². The minimum atomic E-state index is -0.485. The maximum atomic E-state index is 12.8. The fourth-order valence-electron chi connectivity index (χ4n) is 2.80. The number of carbonyl (C=O) groups is 1. The maximum Gasteiger partial charge on any atom is 0.249 e. The number of nitrogens with one attached hydrogen (secondary N) is 1. The van der Waals surface area contributed by atoms with E-state index in [-0.39, 0.29) is 12.5 Å². The van der Waals surface area contributed by atoms with Crippen molar-refractivity contribution < 1.29 is 9.53 Å². The molecule has 3 rings (SSSR count). The Morgan fingerprint density at radius 2 is 1.93 bits per heavy atom. The maximum absolute atomic E-state index is 12.8. The van der Waals surface area contributed by atoms with Gasteiger partial charge in [-0.15, -0.1) is 6.42 Å². The van der Waals surface area contributed by atoms with Crippen molar-refractivity contribution in [1.82, 2.24) is 15.1 Å². The second-order valence-electron chi connectivity index (χ2n) is 5.98. The molecule has 1 amide bonds. The number of amides is 1. The van der Waals surface area contributed by atoms with E-state index in [1.54, 1.807) is 17.1 Å². The first-order valence-corrected chi connectivity index (χ1v) is 8.75. The van der Waals surface area contributed by atoms with Gasteiger partial charge in [-0.2, -0.15) is 5.10 Å². The molecular formula is C22H21N3O2. The topological polar surface area (TPSA) is 56.1 Å². The van der Waals surface area contributed by atoms with Gasteiger partial charge in [-0.25, -0.2) is 0 Å². The molecule has 0 radical (unpaired) electrons. The van der Waals surface area contributed by atoms with Crippen LogP contribution in [0.1, 0.15) is 17.2 Å². The zero-order chi connectivity index (χ0) is 18.9. The molecule has 0 aliphatic heterocycles. The molecule has 0 fully saturated rings. The summed E-state index contributed by atoms with van der Waals surface area (Å²) in [6.45, 7) is 0.789. The number of benzene rings is 2. The normalized spacial score (nSPS) is 11.4. The van der Waals surface area contributed by atoms with Crippen LogP contribution >= 0.6 is 0 Å². The number of carbonyl (C=O) groups excluding carboxylic acids is 1. The molecule has 1 aromatic heterocycles. The first kappa shape index (κ1) is 18.3. The second kappa shape index (κ2) is 9.25. The van der Waals surface area contributed by atoms with Crippen molar-refractivity contribution in [3.05, 3.63) is 84.2 Å².